The molecule has 0 saturated carbocycles. The zero-order valence-electron chi connectivity index (χ0n) is 10.1. The Kier molecular flexibility index (Phi) is 5.37. The molecule has 0 spiro atoms. The Bertz CT molecular complexity index is 349. The van der Waals surface area contributed by atoms with Crippen LogP contribution in [0.4, 0.5) is 11.9 Å². The largest absolute Gasteiger partial charge is 0.467 e. The van der Waals surface area contributed by atoms with Crippen molar-refractivity contribution in [2.75, 3.05) is 45.5 Å². The van der Waals surface area contributed by atoms with E-state index in [9.17, 15) is 0 Å². The molecule has 0 amide bonds. The summed E-state index contributed by atoms with van der Waals surface area (Å²) in [6.07, 6.45) is -0.0935. The average molecular weight is 243 g/mol. The third kappa shape index (κ3) is 4.37. The number of methoxy groups -OCH3 is 3. The van der Waals surface area contributed by atoms with Gasteiger partial charge >= 0.3 is 6.01 Å². The summed E-state index contributed by atoms with van der Waals surface area (Å²) in [6, 6.07) is 0.167. The predicted molar refractivity (Wildman–Crippen MR) is 62.0 cm³/mol. The third-order valence-corrected chi connectivity index (χ3v) is 1.99. The van der Waals surface area contributed by atoms with Crippen molar-refractivity contribution in [2.45, 2.75) is 6.10 Å². The molecule has 0 bridgehead atoms. The molecule has 8 heteroatoms. The molecule has 0 aliphatic rings. The van der Waals surface area contributed by atoms with Crippen molar-refractivity contribution in [1.29, 1.82) is 0 Å². The summed E-state index contributed by atoms with van der Waals surface area (Å²) in [6.45, 7) is 0.970. The van der Waals surface area contributed by atoms with Gasteiger partial charge in [-0.25, -0.2) is 0 Å². The number of hydrogen-bond acceptors (Lipinski definition) is 8. The first-order valence-corrected chi connectivity index (χ1v) is 5.00. The van der Waals surface area contributed by atoms with Gasteiger partial charge in [0.05, 0.1) is 19.8 Å². The van der Waals surface area contributed by atoms with Crippen molar-refractivity contribution in [3.05, 3.63) is 0 Å². The van der Waals surface area contributed by atoms with Crippen molar-refractivity contribution in [3.63, 3.8) is 0 Å². The van der Waals surface area contributed by atoms with E-state index in [2.05, 4.69) is 20.3 Å². The Labute approximate surface area is 99.5 Å². The Morgan fingerprint density at radius 3 is 2.59 bits per heavy atom. The molecule has 17 heavy (non-hydrogen) atoms. The minimum Gasteiger partial charge on any atom is -0.467 e. The molecule has 0 radical (unpaired) electrons. The van der Waals surface area contributed by atoms with Crippen LogP contribution in [0.3, 0.4) is 0 Å². The highest BCUT2D eigenvalue weighted by Crippen LogP contribution is 2.08. The molecule has 0 aliphatic carbocycles. The van der Waals surface area contributed by atoms with E-state index in [1.54, 1.807) is 14.2 Å². The molecule has 1 atom stereocenters. The minimum absolute atomic E-state index is 0.0935. The highest BCUT2D eigenvalue weighted by atomic mass is 16.5. The summed E-state index contributed by atoms with van der Waals surface area (Å²) in [7, 11) is 4.67. The summed E-state index contributed by atoms with van der Waals surface area (Å²) in [5.41, 5.74) is 5.49. The van der Waals surface area contributed by atoms with Crippen LogP contribution in [-0.2, 0) is 9.47 Å². The van der Waals surface area contributed by atoms with Crippen molar-refractivity contribution in [2.24, 2.45) is 0 Å². The Hall–Kier alpha value is -1.67. The molecule has 1 heterocycles. The molecule has 0 saturated heterocycles. The van der Waals surface area contributed by atoms with Gasteiger partial charge in [-0.15, -0.1) is 0 Å². The summed E-state index contributed by atoms with van der Waals surface area (Å²) < 4.78 is 15.0. The molecule has 0 aliphatic heterocycles. The van der Waals surface area contributed by atoms with E-state index in [0.29, 0.717) is 19.1 Å². The molecule has 0 aromatic carbocycles. The van der Waals surface area contributed by atoms with E-state index in [1.807, 2.05) is 0 Å². The summed E-state index contributed by atoms with van der Waals surface area (Å²) in [5.74, 6) is 0.438. The monoisotopic (exact) mass is 243 g/mol. The lowest BCUT2D eigenvalue weighted by molar-refractivity contribution is 0.0364. The maximum atomic E-state index is 5.49. The lowest BCUT2D eigenvalue weighted by Crippen LogP contribution is -2.27. The Balaban J connectivity index is 2.58. The zero-order chi connectivity index (χ0) is 12.7. The lowest BCUT2D eigenvalue weighted by atomic mass is 10.4. The first-order chi connectivity index (χ1) is 8.19. The van der Waals surface area contributed by atoms with Gasteiger partial charge in [0, 0.05) is 20.8 Å². The van der Waals surface area contributed by atoms with Gasteiger partial charge in [0.25, 0.3) is 0 Å². The van der Waals surface area contributed by atoms with E-state index in [0.717, 1.165) is 0 Å². The summed E-state index contributed by atoms with van der Waals surface area (Å²) in [4.78, 5) is 11.7. The fraction of sp³-hybridized carbons (Fsp3) is 0.667. The normalized spacial score (nSPS) is 12.2. The van der Waals surface area contributed by atoms with E-state index >= 15 is 0 Å². The van der Waals surface area contributed by atoms with Gasteiger partial charge in [0.1, 0.15) is 0 Å². The molecule has 1 aromatic heterocycles. The topological polar surface area (TPSA) is 104 Å². The Morgan fingerprint density at radius 1 is 1.24 bits per heavy atom. The Morgan fingerprint density at radius 2 is 2.00 bits per heavy atom. The van der Waals surface area contributed by atoms with E-state index in [-0.39, 0.29) is 18.1 Å². The van der Waals surface area contributed by atoms with Gasteiger partial charge in [-0.3, -0.25) is 0 Å². The second kappa shape index (κ2) is 6.81. The first kappa shape index (κ1) is 13.4. The summed E-state index contributed by atoms with van der Waals surface area (Å²) in [5, 5.41) is 2.97. The second-order valence-electron chi connectivity index (χ2n) is 3.20. The van der Waals surface area contributed by atoms with Crippen LogP contribution in [0.25, 0.3) is 0 Å². The van der Waals surface area contributed by atoms with Crippen molar-refractivity contribution in [3.8, 4) is 6.01 Å². The van der Waals surface area contributed by atoms with Crippen LogP contribution in [0, 0.1) is 0 Å². The molecule has 96 valence electrons. The van der Waals surface area contributed by atoms with Gasteiger partial charge in [0.2, 0.25) is 11.9 Å². The number of anilines is 2. The van der Waals surface area contributed by atoms with Crippen LogP contribution < -0.4 is 15.8 Å². The van der Waals surface area contributed by atoms with Gasteiger partial charge in [-0.05, 0) is 0 Å². The standard InChI is InChI=1S/C9H17N5O3/c1-15-5-6(16-2)4-11-8-12-7(10)13-9(14-8)17-3/h6H,4-5H2,1-3H3,(H3,10,11,12,13,14). The molecule has 8 nitrogen and oxygen atoms in total. The maximum absolute atomic E-state index is 5.49. The van der Waals surface area contributed by atoms with Gasteiger partial charge in [-0.2, -0.15) is 15.0 Å². The van der Waals surface area contributed by atoms with Crippen molar-refractivity contribution < 1.29 is 14.2 Å². The van der Waals surface area contributed by atoms with E-state index < -0.39 is 0 Å². The molecular weight excluding hydrogens is 226 g/mol. The second-order valence-corrected chi connectivity index (χ2v) is 3.20. The number of aromatic nitrogens is 3. The number of ether oxygens (including phenoxy) is 3. The van der Waals surface area contributed by atoms with Crippen LogP contribution in [0.2, 0.25) is 0 Å². The first-order valence-electron chi connectivity index (χ1n) is 5.00. The number of nitrogens with two attached hydrogens (primary N) is 1. The van der Waals surface area contributed by atoms with Gasteiger partial charge < -0.3 is 25.3 Å². The fourth-order valence-electron chi connectivity index (χ4n) is 1.14. The van der Waals surface area contributed by atoms with Crippen LogP contribution in [-0.4, -0.2) is 55.5 Å². The fourth-order valence-corrected chi connectivity index (χ4v) is 1.14. The third-order valence-electron chi connectivity index (χ3n) is 1.99. The SMILES string of the molecule is COCC(CNc1nc(N)nc(OC)n1)OC. The molecule has 1 aromatic rings. The molecular formula is C9H17N5O3. The maximum Gasteiger partial charge on any atom is 0.322 e. The molecule has 1 rings (SSSR count). The number of nitrogens with zero attached hydrogens (tertiary/aromatic N) is 3. The van der Waals surface area contributed by atoms with Crippen LogP contribution in [0.1, 0.15) is 0 Å². The van der Waals surface area contributed by atoms with Crippen LogP contribution in [0.5, 0.6) is 6.01 Å². The predicted octanol–water partition coefficient (Wildman–Crippen LogP) is -0.464. The summed E-state index contributed by atoms with van der Waals surface area (Å²) >= 11 is 0. The quantitative estimate of drug-likeness (QED) is 0.662. The highest BCUT2D eigenvalue weighted by Gasteiger charge is 2.09. The molecule has 0 fully saturated rings. The molecule has 1 unspecified atom stereocenters. The highest BCUT2D eigenvalue weighted by molar-refractivity contribution is 5.32. The number of hydrogen-bond donors (Lipinski definition) is 2. The zero-order valence-corrected chi connectivity index (χ0v) is 10.1. The van der Waals surface area contributed by atoms with Crippen molar-refractivity contribution >= 4 is 11.9 Å². The van der Waals surface area contributed by atoms with Crippen LogP contribution in [0.15, 0.2) is 0 Å². The average Bonchev–Trinajstić information content (AvgIpc) is 2.33. The molecule has 3 N–H and O–H groups in total. The minimum atomic E-state index is -0.0935. The smallest absolute Gasteiger partial charge is 0.322 e. The lowest BCUT2D eigenvalue weighted by Gasteiger charge is -2.14. The number of nitrogens with one attached hydrogen (secondary N) is 1. The van der Waals surface area contributed by atoms with E-state index in [4.69, 9.17) is 19.9 Å². The van der Waals surface area contributed by atoms with Crippen LogP contribution >= 0.6 is 0 Å². The van der Waals surface area contributed by atoms with Gasteiger partial charge in [-0.1, -0.05) is 0 Å². The number of nitrogen functional groups attached to an aromatic ring is 1. The van der Waals surface area contributed by atoms with Gasteiger partial charge in [0.15, 0.2) is 0 Å². The van der Waals surface area contributed by atoms with E-state index in [1.165, 1.54) is 7.11 Å². The number of rotatable bonds is 7. The van der Waals surface area contributed by atoms with Crippen molar-refractivity contribution in [1.82, 2.24) is 15.0 Å².